The predicted octanol–water partition coefficient (Wildman–Crippen LogP) is 1.85. The Morgan fingerprint density at radius 3 is 2.52 bits per heavy atom. The van der Waals surface area contributed by atoms with Gasteiger partial charge in [-0.3, -0.25) is 0 Å². The van der Waals surface area contributed by atoms with Gasteiger partial charge in [-0.05, 0) is 25.0 Å². The molecule has 0 radical (unpaired) electrons. The molecule has 2 heterocycles. The van der Waals surface area contributed by atoms with Gasteiger partial charge in [-0.15, -0.1) is 0 Å². The Labute approximate surface area is 131 Å². The highest BCUT2D eigenvalue weighted by Crippen LogP contribution is 2.75. The van der Waals surface area contributed by atoms with Crippen molar-refractivity contribution in [1.82, 2.24) is 9.29 Å². The van der Waals surface area contributed by atoms with E-state index < -0.39 is 27.5 Å². The van der Waals surface area contributed by atoms with Crippen LogP contribution >= 0.6 is 0 Å². The van der Waals surface area contributed by atoms with Gasteiger partial charge in [0.2, 0.25) is 5.89 Å². The smallest absolute Gasteiger partial charge is 0.276 e. The quantitative estimate of drug-likeness (QED) is 0.901. The first-order valence-corrected chi connectivity index (χ1v) is 8.77. The predicted molar refractivity (Wildman–Crippen MR) is 78.0 cm³/mol. The van der Waals surface area contributed by atoms with E-state index in [0.29, 0.717) is 11.1 Å². The minimum absolute atomic E-state index is 0.00878. The van der Waals surface area contributed by atoms with E-state index in [-0.39, 0.29) is 31.8 Å². The molecular formula is C14H15F2N3O3S. The maximum atomic E-state index is 14.5. The van der Waals surface area contributed by atoms with E-state index in [2.05, 4.69) is 4.98 Å². The van der Waals surface area contributed by atoms with Crippen LogP contribution in [-0.4, -0.2) is 36.7 Å². The van der Waals surface area contributed by atoms with E-state index in [4.69, 9.17) is 9.56 Å². The lowest BCUT2D eigenvalue weighted by atomic mass is 9.91. The fraction of sp³-hybridized carbons (Fsp3) is 0.500. The summed E-state index contributed by atoms with van der Waals surface area (Å²) >= 11 is 0. The summed E-state index contributed by atoms with van der Waals surface area (Å²) in [5, 5.41) is 5.06. The first kappa shape index (κ1) is 15.0. The summed E-state index contributed by atoms with van der Waals surface area (Å²) in [6.45, 7) is -0.0176. The van der Waals surface area contributed by atoms with E-state index in [1.165, 1.54) is 0 Å². The number of benzene rings is 1. The van der Waals surface area contributed by atoms with E-state index >= 15 is 0 Å². The van der Waals surface area contributed by atoms with Crippen LogP contribution in [0.15, 0.2) is 28.7 Å². The molecule has 1 aromatic heterocycles. The zero-order valence-corrected chi connectivity index (χ0v) is 12.9. The van der Waals surface area contributed by atoms with Gasteiger partial charge in [-0.2, -0.15) is 12.7 Å². The van der Waals surface area contributed by atoms with Crippen LogP contribution in [0.25, 0.3) is 11.1 Å². The standard InChI is InChI=1S/C14H15F2N3O3S/c15-14(16)11(12-18-9-3-1-2-4-10(9)22-12)13(14)5-7-19(8-6-13)23(17,20)21/h1-4,11H,5-8H2,(H2,17,20,21)/t11-/m0/s1. The fourth-order valence-corrected chi connectivity index (χ4v) is 4.37. The van der Waals surface area contributed by atoms with E-state index in [0.717, 1.165) is 4.31 Å². The molecular weight excluding hydrogens is 328 g/mol. The van der Waals surface area contributed by atoms with Gasteiger partial charge in [0.15, 0.2) is 5.58 Å². The number of alkyl halides is 2. The molecule has 1 aliphatic heterocycles. The van der Waals surface area contributed by atoms with Crippen molar-refractivity contribution in [3.8, 4) is 0 Å². The van der Waals surface area contributed by atoms with Gasteiger partial charge < -0.3 is 4.42 Å². The van der Waals surface area contributed by atoms with Gasteiger partial charge in [-0.1, -0.05) is 12.1 Å². The lowest BCUT2D eigenvalue weighted by Gasteiger charge is -2.30. The minimum Gasteiger partial charge on any atom is -0.440 e. The summed E-state index contributed by atoms with van der Waals surface area (Å²) in [6.07, 6.45) is 0.0830. The summed E-state index contributed by atoms with van der Waals surface area (Å²) < 4.78 is 58.2. The Kier molecular flexibility index (Phi) is 2.92. The lowest BCUT2D eigenvalue weighted by molar-refractivity contribution is 0.0408. The summed E-state index contributed by atoms with van der Waals surface area (Å²) in [4.78, 5) is 4.18. The van der Waals surface area contributed by atoms with Crippen LogP contribution in [0, 0.1) is 5.41 Å². The average molecular weight is 343 g/mol. The van der Waals surface area contributed by atoms with Crippen molar-refractivity contribution >= 4 is 21.3 Å². The van der Waals surface area contributed by atoms with Crippen LogP contribution in [0.4, 0.5) is 8.78 Å². The maximum Gasteiger partial charge on any atom is 0.276 e. The van der Waals surface area contributed by atoms with Gasteiger partial charge in [0.1, 0.15) is 11.4 Å². The van der Waals surface area contributed by atoms with E-state index in [1.54, 1.807) is 24.3 Å². The number of nitrogens with zero attached hydrogens (tertiary/aromatic N) is 2. The molecule has 124 valence electrons. The number of oxazole rings is 1. The Morgan fingerprint density at radius 2 is 1.91 bits per heavy atom. The molecule has 1 atom stereocenters. The number of hydrogen-bond donors (Lipinski definition) is 1. The van der Waals surface area contributed by atoms with E-state index in [1.807, 2.05) is 0 Å². The second-order valence-electron chi connectivity index (χ2n) is 6.18. The number of hydrogen-bond acceptors (Lipinski definition) is 4. The third-order valence-corrected chi connectivity index (χ3v) is 6.11. The Balaban J connectivity index is 1.64. The third kappa shape index (κ3) is 2.03. The zero-order valence-electron chi connectivity index (χ0n) is 12.1. The number of piperidine rings is 1. The molecule has 2 fully saturated rings. The van der Waals surface area contributed by atoms with Gasteiger partial charge in [0.05, 0.1) is 5.41 Å². The Bertz CT molecular complexity index is 839. The van der Waals surface area contributed by atoms with Crippen molar-refractivity contribution in [3.05, 3.63) is 30.2 Å². The van der Waals surface area contributed by atoms with Crippen molar-refractivity contribution in [2.24, 2.45) is 10.6 Å². The molecule has 1 spiro atoms. The molecule has 6 nitrogen and oxygen atoms in total. The molecule has 1 aliphatic carbocycles. The normalized spacial score (nSPS) is 26.7. The monoisotopic (exact) mass is 343 g/mol. The number of fused-ring (bicyclic) bond motifs is 1. The van der Waals surface area contributed by atoms with Crippen molar-refractivity contribution in [2.75, 3.05) is 13.1 Å². The lowest BCUT2D eigenvalue weighted by Crippen LogP contribution is -2.43. The largest absolute Gasteiger partial charge is 0.440 e. The molecule has 2 N–H and O–H groups in total. The van der Waals surface area contributed by atoms with Crippen molar-refractivity contribution in [1.29, 1.82) is 0 Å². The van der Waals surface area contributed by atoms with Gasteiger partial charge in [0, 0.05) is 13.1 Å². The molecule has 1 aromatic carbocycles. The molecule has 1 saturated heterocycles. The molecule has 2 aliphatic rings. The third-order valence-electron chi connectivity index (χ3n) is 5.03. The van der Waals surface area contributed by atoms with Crippen LogP contribution < -0.4 is 5.14 Å². The molecule has 23 heavy (non-hydrogen) atoms. The number of aromatic nitrogens is 1. The number of halogens is 2. The number of para-hydroxylation sites is 2. The first-order chi connectivity index (χ1) is 10.8. The second kappa shape index (κ2) is 4.49. The number of rotatable bonds is 2. The molecule has 0 unspecified atom stereocenters. The summed E-state index contributed by atoms with van der Waals surface area (Å²) in [6, 6.07) is 6.91. The fourth-order valence-electron chi connectivity index (χ4n) is 3.68. The van der Waals surface area contributed by atoms with Gasteiger partial charge in [-0.25, -0.2) is 18.9 Å². The Morgan fingerprint density at radius 1 is 1.26 bits per heavy atom. The molecule has 0 bridgehead atoms. The first-order valence-electron chi connectivity index (χ1n) is 7.27. The van der Waals surface area contributed by atoms with Crippen molar-refractivity contribution in [2.45, 2.75) is 24.7 Å². The van der Waals surface area contributed by atoms with Crippen LogP contribution in [0.3, 0.4) is 0 Å². The zero-order chi connectivity index (χ0) is 16.5. The van der Waals surface area contributed by atoms with Crippen LogP contribution in [0.1, 0.15) is 24.7 Å². The summed E-state index contributed by atoms with van der Waals surface area (Å²) in [5.41, 5.74) is -0.264. The Hall–Kier alpha value is -1.58. The molecule has 1 saturated carbocycles. The average Bonchev–Trinajstić information content (AvgIpc) is 2.81. The van der Waals surface area contributed by atoms with Crippen molar-refractivity contribution < 1.29 is 21.6 Å². The summed E-state index contributed by atoms with van der Waals surface area (Å²) in [5.74, 6) is -4.02. The van der Waals surface area contributed by atoms with Crippen LogP contribution in [0.5, 0.6) is 0 Å². The minimum atomic E-state index is -3.84. The number of nitrogens with two attached hydrogens (primary N) is 1. The second-order valence-corrected chi connectivity index (χ2v) is 7.72. The molecule has 4 rings (SSSR count). The summed E-state index contributed by atoms with van der Waals surface area (Å²) in [7, 11) is -3.84. The molecule has 0 amide bonds. The molecule has 2 aromatic rings. The highest BCUT2D eigenvalue weighted by Gasteiger charge is 2.82. The highest BCUT2D eigenvalue weighted by atomic mass is 32.2. The van der Waals surface area contributed by atoms with Gasteiger partial charge in [0.25, 0.3) is 16.1 Å². The van der Waals surface area contributed by atoms with E-state index in [9.17, 15) is 17.2 Å². The topological polar surface area (TPSA) is 89.4 Å². The van der Waals surface area contributed by atoms with Crippen LogP contribution in [-0.2, 0) is 10.2 Å². The van der Waals surface area contributed by atoms with Crippen LogP contribution in [0.2, 0.25) is 0 Å². The maximum absolute atomic E-state index is 14.5. The SMILES string of the molecule is NS(=O)(=O)N1CCC2(CC1)[C@H](c1nc3ccccc3o1)C2(F)F. The molecule has 9 heteroatoms. The van der Waals surface area contributed by atoms with Crippen molar-refractivity contribution in [3.63, 3.8) is 0 Å². The highest BCUT2D eigenvalue weighted by molar-refractivity contribution is 7.86. The van der Waals surface area contributed by atoms with Gasteiger partial charge >= 0.3 is 0 Å².